The Balaban J connectivity index is 4.55. The summed E-state index contributed by atoms with van der Waals surface area (Å²) in [7, 11) is -9.27. The van der Waals surface area contributed by atoms with Crippen LogP contribution in [0.1, 0.15) is 13.8 Å². The molecule has 0 aromatic rings. The van der Waals surface area contributed by atoms with Gasteiger partial charge in [-0.05, 0) is 13.8 Å². The van der Waals surface area contributed by atoms with Crippen LogP contribution in [0.5, 0.6) is 0 Å². The summed E-state index contributed by atoms with van der Waals surface area (Å²) < 4.78 is 59.5. The summed E-state index contributed by atoms with van der Waals surface area (Å²) in [6.45, 7) is 2.63. The van der Waals surface area contributed by atoms with Crippen LogP contribution in [0.15, 0.2) is 0 Å². The Morgan fingerprint density at radius 3 is 2.19 bits per heavy atom. The molecule has 0 spiro atoms. The van der Waals surface area contributed by atoms with E-state index in [1.807, 2.05) is 0 Å². The van der Waals surface area contributed by atoms with Crippen LogP contribution in [0.3, 0.4) is 0 Å². The number of ether oxygens (including phenoxy) is 1. The Hall–Kier alpha value is -0.710. The zero-order valence-corrected chi connectivity index (χ0v) is 10.2. The minimum atomic E-state index is -4.73. The van der Waals surface area contributed by atoms with Crippen molar-refractivity contribution in [1.29, 1.82) is 0 Å². The van der Waals surface area contributed by atoms with Crippen molar-refractivity contribution in [3.63, 3.8) is 0 Å². The largest absolute Gasteiger partial charge is 0.464 e. The number of rotatable bonds is 6. The van der Waals surface area contributed by atoms with Crippen molar-refractivity contribution in [1.82, 2.24) is 0 Å². The molecule has 10 heteroatoms. The molecule has 0 aliphatic heterocycles. The third-order valence-electron chi connectivity index (χ3n) is 1.20. The molecule has 0 saturated heterocycles. The normalized spacial score (nSPS) is 14.4. The summed E-state index contributed by atoms with van der Waals surface area (Å²) in [4.78, 5) is 11.0. The number of carbonyl (C=O) groups is 1. The lowest BCUT2D eigenvalue weighted by molar-refractivity contribution is -0.150. The van der Waals surface area contributed by atoms with Crippen molar-refractivity contribution in [2.75, 3.05) is 11.7 Å². The zero-order chi connectivity index (χ0) is 13.0. The van der Waals surface area contributed by atoms with Gasteiger partial charge in [0.15, 0.2) is 6.10 Å². The first-order valence-electron chi connectivity index (χ1n) is 4.10. The second-order valence-corrected chi connectivity index (χ2v) is 6.16. The fourth-order valence-corrected chi connectivity index (χ4v) is 2.93. The van der Waals surface area contributed by atoms with Crippen LogP contribution in [0.4, 0.5) is 0 Å². The molecule has 0 rings (SSSR count). The van der Waals surface area contributed by atoms with Gasteiger partial charge in [-0.3, -0.25) is 8.74 Å². The van der Waals surface area contributed by atoms with E-state index < -0.39 is 37.4 Å². The highest BCUT2D eigenvalue weighted by Gasteiger charge is 2.27. The molecular weight excluding hydrogens is 264 g/mol. The zero-order valence-electron chi connectivity index (χ0n) is 8.61. The third-order valence-corrected chi connectivity index (χ3v) is 4.13. The molecule has 1 unspecified atom stereocenters. The molecule has 0 heterocycles. The SMILES string of the molecule is CCOC(=O)C(C)OS(=O)(=O)CS(=O)(=O)O. The average molecular weight is 276 g/mol. The minimum Gasteiger partial charge on any atom is -0.464 e. The van der Waals surface area contributed by atoms with Crippen molar-refractivity contribution >= 4 is 26.2 Å². The molecule has 0 aliphatic rings. The quantitative estimate of drug-likeness (QED) is 0.377. The molecule has 0 fully saturated rings. The van der Waals surface area contributed by atoms with Gasteiger partial charge in [0.25, 0.3) is 20.2 Å². The Bertz CT molecular complexity index is 433. The maximum Gasteiger partial charge on any atom is 0.336 e. The number of hydrogen-bond donors (Lipinski definition) is 1. The van der Waals surface area contributed by atoms with Crippen LogP contribution < -0.4 is 0 Å². The van der Waals surface area contributed by atoms with Crippen molar-refractivity contribution in [3.05, 3.63) is 0 Å². The molecule has 0 aliphatic carbocycles. The highest BCUT2D eigenvalue weighted by Crippen LogP contribution is 2.04. The smallest absolute Gasteiger partial charge is 0.336 e. The van der Waals surface area contributed by atoms with Crippen LogP contribution in [0.2, 0.25) is 0 Å². The van der Waals surface area contributed by atoms with Gasteiger partial charge in [-0.1, -0.05) is 0 Å². The van der Waals surface area contributed by atoms with Crippen molar-refractivity contribution in [2.24, 2.45) is 0 Å². The van der Waals surface area contributed by atoms with Crippen LogP contribution >= 0.6 is 0 Å². The van der Waals surface area contributed by atoms with Crippen LogP contribution in [-0.2, 0) is 34.0 Å². The van der Waals surface area contributed by atoms with Gasteiger partial charge in [0.1, 0.15) is 0 Å². The van der Waals surface area contributed by atoms with Gasteiger partial charge in [0.05, 0.1) is 6.61 Å². The first-order chi connectivity index (χ1) is 7.07. The van der Waals surface area contributed by atoms with Gasteiger partial charge < -0.3 is 4.74 Å². The molecule has 16 heavy (non-hydrogen) atoms. The Morgan fingerprint density at radius 2 is 1.81 bits per heavy atom. The number of hydrogen-bond acceptors (Lipinski definition) is 7. The second kappa shape index (κ2) is 5.57. The molecule has 0 amide bonds. The molecule has 1 N–H and O–H groups in total. The average Bonchev–Trinajstić information content (AvgIpc) is 1.98. The minimum absolute atomic E-state index is 0.0326. The molecule has 1 atom stereocenters. The maximum atomic E-state index is 11.0. The third kappa shape index (κ3) is 6.71. The summed E-state index contributed by atoms with van der Waals surface area (Å²) in [6.07, 6.45) is -1.47. The Morgan fingerprint density at radius 1 is 1.31 bits per heavy atom. The van der Waals surface area contributed by atoms with E-state index in [9.17, 15) is 21.6 Å². The first-order valence-corrected chi connectivity index (χ1v) is 7.29. The van der Waals surface area contributed by atoms with E-state index in [-0.39, 0.29) is 6.61 Å². The van der Waals surface area contributed by atoms with E-state index in [2.05, 4.69) is 8.92 Å². The highest BCUT2D eigenvalue weighted by atomic mass is 32.3. The molecule has 0 saturated carbocycles. The molecular formula is C6H12O8S2. The Labute approximate surface area is 93.4 Å². The molecule has 0 bridgehead atoms. The fraction of sp³-hybridized carbons (Fsp3) is 0.833. The summed E-state index contributed by atoms with van der Waals surface area (Å²) >= 11 is 0. The van der Waals surface area contributed by atoms with Crippen molar-refractivity contribution < 1.29 is 35.1 Å². The lowest BCUT2D eigenvalue weighted by Crippen LogP contribution is -2.29. The number of carbonyl (C=O) groups excluding carboxylic acids is 1. The Kier molecular flexibility index (Phi) is 5.32. The van der Waals surface area contributed by atoms with Gasteiger partial charge >= 0.3 is 5.97 Å². The van der Waals surface area contributed by atoms with E-state index in [0.29, 0.717) is 0 Å². The van der Waals surface area contributed by atoms with Crippen LogP contribution in [0, 0.1) is 0 Å². The highest BCUT2D eigenvalue weighted by molar-refractivity contribution is 8.03. The van der Waals surface area contributed by atoms with E-state index in [1.54, 1.807) is 0 Å². The van der Waals surface area contributed by atoms with Gasteiger partial charge in [-0.25, -0.2) is 4.79 Å². The van der Waals surface area contributed by atoms with Crippen LogP contribution in [-0.4, -0.2) is 45.2 Å². The molecule has 96 valence electrons. The van der Waals surface area contributed by atoms with Crippen LogP contribution in [0.25, 0.3) is 0 Å². The molecule has 0 radical (unpaired) electrons. The van der Waals surface area contributed by atoms with Gasteiger partial charge in [0.2, 0.25) is 5.08 Å². The number of esters is 1. The van der Waals surface area contributed by atoms with Crippen molar-refractivity contribution in [3.8, 4) is 0 Å². The predicted octanol–water partition coefficient (Wildman–Crippen LogP) is -0.870. The monoisotopic (exact) mass is 276 g/mol. The summed E-state index contributed by atoms with van der Waals surface area (Å²) in [5, 5.41) is -1.61. The standard InChI is InChI=1S/C6H12O8S2/c1-3-13-6(7)5(2)14-16(11,12)4-15(8,9)10/h5H,3-4H2,1-2H3,(H,8,9,10). The van der Waals surface area contributed by atoms with E-state index in [1.165, 1.54) is 6.92 Å². The second-order valence-electron chi connectivity index (χ2n) is 2.75. The lowest BCUT2D eigenvalue weighted by Gasteiger charge is -2.10. The predicted molar refractivity (Wildman–Crippen MR) is 52.5 cm³/mol. The van der Waals surface area contributed by atoms with Crippen molar-refractivity contribution in [2.45, 2.75) is 20.0 Å². The first kappa shape index (κ1) is 15.3. The molecule has 0 aromatic heterocycles. The molecule has 0 aromatic carbocycles. The van der Waals surface area contributed by atoms with E-state index >= 15 is 0 Å². The fourth-order valence-electron chi connectivity index (χ4n) is 0.729. The summed E-state index contributed by atoms with van der Waals surface area (Å²) in [6, 6.07) is 0. The summed E-state index contributed by atoms with van der Waals surface area (Å²) in [5.41, 5.74) is 0. The lowest BCUT2D eigenvalue weighted by atomic mass is 10.4. The van der Waals surface area contributed by atoms with Gasteiger partial charge in [0, 0.05) is 0 Å². The summed E-state index contributed by atoms with van der Waals surface area (Å²) in [5.74, 6) is -0.943. The van der Waals surface area contributed by atoms with E-state index in [4.69, 9.17) is 4.55 Å². The van der Waals surface area contributed by atoms with Gasteiger partial charge in [-0.2, -0.15) is 16.8 Å². The maximum absolute atomic E-state index is 11.0. The van der Waals surface area contributed by atoms with Gasteiger partial charge in [-0.15, -0.1) is 0 Å². The molecule has 8 nitrogen and oxygen atoms in total. The van der Waals surface area contributed by atoms with E-state index in [0.717, 1.165) is 6.92 Å². The topological polar surface area (TPSA) is 124 Å².